The minimum Gasteiger partial charge on any atom is -0.476 e. The van der Waals surface area contributed by atoms with Gasteiger partial charge in [0.2, 0.25) is 0 Å². The summed E-state index contributed by atoms with van der Waals surface area (Å²) in [6, 6.07) is 4.09. The molecule has 1 aromatic heterocycles. The molecule has 0 saturated carbocycles. The summed E-state index contributed by atoms with van der Waals surface area (Å²) in [5.41, 5.74) is 4.75. The van der Waals surface area contributed by atoms with E-state index in [-0.39, 0.29) is 5.69 Å². The first-order valence-electron chi connectivity index (χ1n) is 6.20. The van der Waals surface area contributed by atoms with E-state index in [0.29, 0.717) is 12.2 Å². The topological polar surface area (TPSA) is 68.0 Å². The highest BCUT2D eigenvalue weighted by Crippen LogP contribution is 2.30. The van der Waals surface area contributed by atoms with Crippen LogP contribution in [-0.2, 0) is 6.54 Å². The standard InChI is InChI=1S/C14H17N3O2/c1-5-17-13(12(14(18)19)15-16-17)11-9(3)6-8(2)7-10(11)4/h6-7H,5H2,1-4H3,(H,18,19). The number of carboxylic acids is 1. The van der Waals surface area contributed by atoms with Gasteiger partial charge in [-0.05, 0) is 38.8 Å². The summed E-state index contributed by atoms with van der Waals surface area (Å²) in [7, 11) is 0. The number of aromatic nitrogens is 3. The molecule has 0 saturated heterocycles. The Bertz CT molecular complexity index is 621. The van der Waals surface area contributed by atoms with E-state index in [2.05, 4.69) is 10.3 Å². The first-order chi connectivity index (χ1) is 8.95. The van der Waals surface area contributed by atoms with Crippen LogP contribution in [0.25, 0.3) is 11.3 Å². The van der Waals surface area contributed by atoms with Crippen LogP contribution >= 0.6 is 0 Å². The van der Waals surface area contributed by atoms with Gasteiger partial charge in [-0.25, -0.2) is 9.48 Å². The predicted molar refractivity (Wildman–Crippen MR) is 72.3 cm³/mol. The van der Waals surface area contributed by atoms with Crippen molar-refractivity contribution in [2.24, 2.45) is 0 Å². The van der Waals surface area contributed by atoms with Crippen LogP contribution in [0.2, 0.25) is 0 Å². The smallest absolute Gasteiger partial charge is 0.358 e. The van der Waals surface area contributed by atoms with Gasteiger partial charge in [0.25, 0.3) is 0 Å². The van der Waals surface area contributed by atoms with Crippen LogP contribution < -0.4 is 0 Å². The number of aryl methyl sites for hydroxylation is 4. The van der Waals surface area contributed by atoms with Crippen molar-refractivity contribution >= 4 is 5.97 Å². The molecule has 0 amide bonds. The molecule has 0 radical (unpaired) electrons. The van der Waals surface area contributed by atoms with E-state index in [0.717, 1.165) is 22.3 Å². The maximum absolute atomic E-state index is 11.3. The van der Waals surface area contributed by atoms with Gasteiger partial charge in [-0.2, -0.15) is 0 Å². The van der Waals surface area contributed by atoms with Gasteiger partial charge in [0.05, 0.1) is 0 Å². The SMILES string of the molecule is CCn1nnc(C(=O)O)c1-c1c(C)cc(C)cc1C. The summed E-state index contributed by atoms with van der Waals surface area (Å²) in [4.78, 5) is 11.3. The second kappa shape index (κ2) is 4.84. The molecule has 0 aliphatic carbocycles. The first kappa shape index (κ1) is 13.3. The molecule has 0 unspecified atom stereocenters. The Hall–Kier alpha value is -2.17. The van der Waals surface area contributed by atoms with Gasteiger partial charge in [0.15, 0.2) is 5.69 Å². The monoisotopic (exact) mass is 259 g/mol. The number of benzene rings is 1. The molecule has 19 heavy (non-hydrogen) atoms. The highest BCUT2D eigenvalue weighted by atomic mass is 16.4. The lowest BCUT2D eigenvalue weighted by Crippen LogP contribution is -2.06. The van der Waals surface area contributed by atoms with Crippen LogP contribution in [-0.4, -0.2) is 26.1 Å². The number of hydrogen-bond acceptors (Lipinski definition) is 3. The Labute approximate surface area is 111 Å². The number of rotatable bonds is 3. The van der Waals surface area contributed by atoms with Crippen LogP contribution in [0, 0.1) is 20.8 Å². The van der Waals surface area contributed by atoms with E-state index in [9.17, 15) is 9.90 Å². The number of nitrogens with zero attached hydrogens (tertiary/aromatic N) is 3. The third kappa shape index (κ3) is 2.23. The third-order valence-electron chi connectivity index (χ3n) is 3.15. The van der Waals surface area contributed by atoms with Gasteiger partial charge in [0.1, 0.15) is 5.69 Å². The average Bonchev–Trinajstić information content (AvgIpc) is 2.71. The maximum atomic E-state index is 11.3. The predicted octanol–water partition coefficient (Wildman–Crippen LogP) is 2.59. The Balaban J connectivity index is 2.78. The lowest BCUT2D eigenvalue weighted by Gasteiger charge is -2.12. The van der Waals surface area contributed by atoms with Crippen LogP contribution in [0.5, 0.6) is 0 Å². The van der Waals surface area contributed by atoms with E-state index < -0.39 is 5.97 Å². The minimum absolute atomic E-state index is 0.0110. The fraction of sp³-hybridized carbons (Fsp3) is 0.357. The molecule has 0 atom stereocenters. The molecule has 5 heteroatoms. The summed E-state index contributed by atoms with van der Waals surface area (Å²) in [6.07, 6.45) is 0. The van der Waals surface area contributed by atoms with Crippen LogP contribution in [0.4, 0.5) is 0 Å². The maximum Gasteiger partial charge on any atom is 0.358 e. The number of carbonyl (C=O) groups is 1. The lowest BCUT2D eigenvalue weighted by molar-refractivity contribution is 0.0691. The zero-order valence-corrected chi connectivity index (χ0v) is 11.6. The Morgan fingerprint density at radius 3 is 2.32 bits per heavy atom. The molecule has 100 valence electrons. The average molecular weight is 259 g/mol. The second-order valence-corrected chi connectivity index (χ2v) is 4.68. The van der Waals surface area contributed by atoms with E-state index in [4.69, 9.17) is 0 Å². The largest absolute Gasteiger partial charge is 0.476 e. The normalized spacial score (nSPS) is 10.7. The van der Waals surface area contributed by atoms with Crippen LogP contribution in [0.1, 0.15) is 34.1 Å². The molecule has 0 spiro atoms. The molecule has 1 aromatic carbocycles. The lowest BCUT2D eigenvalue weighted by atomic mass is 9.96. The van der Waals surface area contributed by atoms with Gasteiger partial charge < -0.3 is 5.11 Å². The highest BCUT2D eigenvalue weighted by Gasteiger charge is 2.22. The van der Waals surface area contributed by atoms with Crippen molar-refractivity contribution < 1.29 is 9.90 Å². The molecular weight excluding hydrogens is 242 g/mol. The summed E-state index contributed by atoms with van der Waals surface area (Å²) in [5.74, 6) is -1.05. The zero-order chi connectivity index (χ0) is 14.2. The molecule has 0 bridgehead atoms. The molecule has 0 fully saturated rings. The Morgan fingerprint density at radius 1 is 1.26 bits per heavy atom. The quantitative estimate of drug-likeness (QED) is 0.919. The van der Waals surface area contributed by atoms with Gasteiger partial charge in [-0.15, -0.1) is 5.10 Å². The molecule has 0 aliphatic rings. The molecule has 2 rings (SSSR count). The molecule has 1 N–H and O–H groups in total. The summed E-state index contributed by atoms with van der Waals surface area (Å²) >= 11 is 0. The van der Waals surface area contributed by atoms with E-state index in [1.165, 1.54) is 0 Å². The van der Waals surface area contributed by atoms with Gasteiger partial charge in [0, 0.05) is 12.1 Å². The van der Waals surface area contributed by atoms with Crippen molar-refractivity contribution in [3.05, 3.63) is 34.5 Å². The Morgan fingerprint density at radius 2 is 1.84 bits per heavy atom. The van der Waals surface area contributed by atoms with Crippen molar-refractivity contribution in [2.45, 2.75) is 34.2 Å². The number of aromatic carboxylic acids is 1. The van der Waals surface area contributed by atoms with E-state index in [1.807, 2.05) is 39.8 Å². The van der Waals surface area contributed by atoms with Gasteiger partial charge in [-0.3, -0.25) is 0 Å². The molecule has 5 nitrogen and oxygen atoms in total. The minimum atomic E-state index is -1.05. The third-order valence-corrected chi connectivity index (χ3v) is 3.15. The molecule has 1 heterocycles. The van der Waals surface area contributed by atoms with E-state index in [1.54, 1.807) is 4.68 Å². The molecular formula is C14H17N3O2. The van der Waals surface area contributed by atoms with Gasteiger partial charge >= 0.3 is 5.97 Å². The highest BCUT2D eigenvalue weighted by molar-refractivity contribution is 5.93. The molecule has 0 aliphatic heterocycles. The fourth-order valence-corrected chi connectivity index (χ4v) is 2.48. The van der Waals surface area contributed by atoms with E-state index >= 15 is 0 Å². The Kier molecular flexibility index (Phi) is 3.38. The van der Waals surface area contributed by atoms with Crippen molar-refractivity contribution in [3.8, 4) is 11.3 Å². The first-order valence-corrected chi connectivity index (χ1v) is 6.20. The van der Waals surface area contributed by atoms with Crippen LogP contribution in [0.3, 0.4) is 0 Å². The summed E-state index contributed by atoms with van der Waals surface area (Å²) < 4.78 is 1.63. The van der Waals surface area contributed by atoms with Gasteiger partial charge in [-0.1, -0.05) is 22.9 Å². The zero-order valence-electron chi connectivity index (χ0n) is 11.6. The van der Waals surface area contributed by atoms with Crippen molar-refractivity contribution in [1.82, 2.24) is 15.0 Å². The van der Waals surface area contributed by atoms with Crippen LogP contribution in [0.15, 0.2) is 12.1 Å². The van der Waals surface area contributed by atoms with Crippen molar-refractivity contribution in [1.29, 1.82) is 0 Å². The van der Waals surface area contributed by atoms with Crippen molar-refractivity contribution in [2.75, 3.05) is 0 Å². The second-order valence-electron chi connectivity index (χ2n) is 4.68. The summed E-state index contributed by atoms with van der Waals surface area (Å²) in [6.45, 7) is 8.49. The molecule has 2 aromatic rings. The number of carboxylic acid groups (broad SMARTS) is 1. The number of hydrogen-bond donors (Lipinski definition) is 1. The van der Waals surface area contributed by atoms with Crippen molar-refractivity contribution in [3.63, 3.8) is 0 Å². The summed E-state index contributed by atoms with van der Waals surface area (Å²) in [5, 5.41) is 17.0. The fourth-order valence-electron chi connectivity index (χ4n) is 2.48.